The summed E-state index contributed by atoms with van der Waals surface area (Å²) in [6, 6.07) is 1.79. The fraction of sp³-hybridized carbons (Fsp3) is 0.688. The van der Waals surface area contributed by atoms with Crippen molar-refractivity contribution in [1.29, 1.82) is 0 Å². The fourth-order valence-electron chi connectivity index (χ4n) is 3.01. The van der Waals surface area contributed by atoms with Crippen LogP contribution in [0.1, 0.15) is 12.2 Å². The number of aromatic nitrogens is 1. The molecule has 2 fully saturated rings. The molecule has 1 aromatic heterocycles. The van der Waals surface area contributed by atoms with E-state index in [1.54, 1.807) is 13.0 Å². The van der Waals surface area contributed by atoms with Gasteiger partial charge in [-0.05, 0) is 6.92 Å². The molecule has 2 aliphatic heterocycles. The lowest BCUT2D eigenvalue weighted by molar-refractivity contribution is -0.116. The van der Waals surface area contributed by atoms with Crippen LogP contribution in [0.15, 0.2) is 10.6 Å². The summed E-state index contributed by atoms with van der Waals surface area (Å²) in [7, 11) is 0. The van der Waals surface area contributed by atoms with E-state index in [4.69, 9.17) is 9.26 Å². The minimum atomic E-state index is -0.0832. The summed E-state index contributed by atoms with van der Waals surface area (Å²) in [5.41, 5.74) is 0. The van der Waals surface area contributed by atoms with E-state index < -0.39 is 0 Å². The maximum absolute atomic E-state index is 12.4. The highest BCUT2D eigenvalue weighted by molar-refractivity contribution is 5.89. The third kappa shape index (κ3) is 4.93. The molecule has 2 saturated heterocycles. The van der Waals surface area contributed by atoms with E-state index in [1.807, 2.05) is 9.80 Å². The Hall–Kier alpha value is -2.13. The number of hydrogen-bond donors (Lipinski definition) is 1. The van der Waals surface area contributed by atoms with Gasteiger partial charge >= 0.3 is 6.03 Å². The first-order valence-electron chi connectivity index (χ1n) is 8.69. The largest absolute Gasteiger partial charge is 0.378 e. The average Bonchev–Trinajstić information content (AvgIpc) is 3.05. The molecule has 0 aliphatic carbocycles. The molecule has 0 atom stereocenters. The van der Waals surface area contributed by atoms with Crippen molar-refractivity contribution in [2.24, 2.45) is 0 Å². The molecule has 0 bridgehead atoms. The summed E-state index contributed by atoms with van der Waals surface area (Å²) in [6.45, 7) is 7.97. The van der Waals surface area contributed by atoms with Crippen LogP contribution in [-0.4, -0.2) is 90.8 Å². The Labute approximate surface area is 146 Å². The van der Waals surface area contributed by atoms with Gasteiger partial charge in [0.15, 0.2) is 5.82 Å². The fourth-order valence-corrected chi connectivity index (χ4v) is 3.01. The topological polar surface area (TPSA) is 91.2 Å². The average molecular weight is 351 g/mol. The molecule has 3 heterocycles. The van der Waals surface area contributed by atoms with Crippen molar-refractivity contribution in [3.05, 3.63) is 11.8 Å². The number of hydrogen-bond acceptors (Lipinski definition) is 6. The van der Waals surface area contributed by atoms with Gasteiger partial charge < -0.3 is 24.4 Å². The zero-order valence-corrected chi connectivity index (χ0v) is 14.6. The molecular weight excluding hydrogens is 326 g/mol. The lowest BCUT2D eigenvalue weighted by Crippen LogP contribution is -2.54. The van der Waals surface area contributed by atoms with E-state index in [-0.39, 0.29) is 11.9 Å². The van der Waals surface area contributed by atoms with Gasteiger partial charge in [0.1, 0.15) is 5.76 Å². The Morgan fingerprint density at radius 2 is 1.80 bits per heavy atom. The molecule has 1 aromatic rings. The first-order chi connectivity index (χ1) is 12.1. The Bertz CT molecular complexity index is 591. The number of piperazine rings is 1. The third-order valence-corrected chi connectivity index (χ3v) is 4.47. The van der Waals surface area contributed by atoms with Crippen LogP contribution in [0.3, 0.4) is 0 Å². The molecule has 1 N–H and O–H groups in total. The smallest absolute Gasteiger partial charge is 0.320 e. The van der Waals surface area contributed by atoms with Crippen molar-refractivity contribution in [2.45, 2.75) is 13.3 Å². The molecule has 0 saturated carbocycles. The standard InChI is InChI=1S/C16H25N5O4/c1-13-12-14(18-25-13)17-15(22)2-3-19-4-6-20(7-5-19)16(23)21-8-10-24-11-9-21/h12H,2-11H2,1H3,(H,17,18,22). The number of nitrogens with one attached hydrogen (secondary N) is 1. The minimum absolute atomic E-state index is 0.0832. The molecule has 0 aromatic carbocycles. The number of aryl methyl sites for hydroxylation is 1. The zero-order valence-electron chi connectivity index (χ0n) is 14.6. The highest BCUT2D eigenvalue weighted by atomic mass is 16.5. The first-order valence-corrected chi connectivity index (χ1v) is 8.69. The van der Waals surface area contributed by atoms with Gasteiger partial charge in [-0.3, -0.25) is 9.69 Å². The van der Waals surface area contributed by atoms with Crippen molar-refractivity contribution >= 4 is 17.8 Å². The highest BCUT2D eigenvalue weighted by Gasteiger charge is 2.26. The van der Waals surface area contributed by atoms with E-state index >= 15 is 0 Å². The lowest BCUT2D eigenvalue weighted by Gasteiger charge is -2.38. The third-order valence-electron chi connectivity index (χ3n) is 4.47. The van der Waals surface area contributed by atoms with Crippen LogP contribution in [0.4, 0.5) is 10.6 Å². The van der Waals surface area contributed by atoms with E-state index in [0.717, 1.165) is 13.1 Å². The van der Waals surface area contributed by atoms with Gasteiger partial charge in [-0.15, -0.1) is 0 Å². The van der Waals surface area contributed by atoms with Gasteiger partial charge in [0.25, 0.3) is 0 Å². The quantitative estimate of drug-likeness (QED) is 0.843. The van der Waals surface area contributed by atoms with Crippen molar-refractivity contribution in [3.8, 4) is 0 Å². The van der Waals surface area contributed by atoms with Crippen LogP contribution in [0.5, 0.6) is 0 Å². The van der Waals surface area contributed by atoms with Gasteiger partial charge in [0.05, 0.1) is 13.2 Å². The molecule has 3 rings (SSSR count). The maximum Gasteiger partial charge on any atom is 0.320 e. The SMILES string of the molecule is Cc1cc(NC(=O)CCN2CCN(C(=O)N3CCOCC3)CC2)no1. The van der Waals surface area contributed by atoms with Crippen molar-refractivity contribution < 1.29 is 18.8 Å². The second-order valence-corrected chi connectivity index (χ2v) is 6.33. The number of morpholine rings is 1. The van der Waals surface area contributed by atoms with Gasteiger partial charge in [-0.25, -0.2) is 4.79 Å². The highest BCUT2D eigenvalue weighted by Crippen LogP contribution is 2.10. The van der Waals surface area contributed by atoms with E-state index in [0.29, 0.717) is 63.9 Å². The number of nitrogens with zero attached hydrogens (tertiary/aromatic N) is 4. The van der Waals surface area contributed by atoms with Crippen LogP contribution in [-0.2, 0) is 9.53 Å². The predicted octanol–water partition coefficient (Wildman–Crippen LogP) is 0.381. The Morgan fingerprint density at radius 3 is 2.44 bits per heavy atom. The number of rotatable bonds is 4. The van der Waals surface area contributed by atoms with Crippen LogP contribution >= 0.6 is 0 Å². The van der Waals surface area contributed by atoms with Crippen LogP contribution in [0.2, 0.25) is 0 Å². The van der Waals surface area contributed by atoms with Crippen molar-refractivity contribution in [3.63, 3.8) is 0 Å². The Morgan fingerprint density at radius 1 is 1.12 bits per heavy atom. The zero-order chi connectivity index (χ0) is 17.6. The molecule has 0 spiro atoms. The van der Waals surface area contributed by atoms with E-state index in [1.165, 1.54) is 0 Å². The molecular formula is C16H25N5O4. The molecule has 9 heteroatoms. The summed E-state index contributed by atoms with van der Waals surface area (Å²) in [4.78, 5) is 30.3. The molecule has 0 unspecified atom stereocenters. The molecule has 0 radical (unpaired) electrons. The predicted molar refractivity (Wildman–Crippen MR) is 90.3 cm³/mol. The van der Waals surface area contributed by atoms with Gasteiger partial charge in [-0.2, -0.15) is 0 Å². The maximum atomic E-state index is 12.4. The second kappa shape index (κ2) is 8.30. The van der Waals surface area contributed by atoms with Crippen LogP contribution < -0.4 is 5.32 Å². The number of carbonyl (C=O) groups excluding carboxylic acids is 2. The second-order valence-electron chi connectivity index (χ2n) is 6.33. The summed E-state index contributed by atoms with van der Waals surface area (Å²) in [5.74, 6) is 1.03. The van der Waals surface area contributed by atoms with Gasteiger partial charge in [0.2, 0.25) is 5.91 Å². The van der Waals surface area contributed by atoms with Crippen LogP contribution in [0, 0.1) is 6.92 Å². The Balaban J connectivity index is 1.36. The first kappa shape index (κ1) is 17.7. The molecule has 9 nitrogen and oxygen atoms in total. The number of urea groups is 1. The molecule has 3 amide bonds. The van der Waals surface area contributed by atoms with Gasteiger partial charge in [-0.1, -0.05) is 5.16 Å². The normalized spacial score (nSPS) is 19.1. The molecule has 138 valence electrons. The van der Waals surface area contributed by atoms with Crippen molar-refractivity contribution in [2.75, 3.05) is 64.3 Å². The number of carbonyl (C=O) groups is 2. The summed E-state index contributed by atoms with van der Waals surface area (Å²) in [6.07, 6.45) is 0.392. The Kier molecular flexibility index (Phi) is 5.87. The monoisotopic (exact) mass is 351 g/mol. The summed E-state index contributed by atoms with van der Waals surface area (Å²) >= 11 is 0. The van der Waals surface area contributed by atoms with Gasteiger partial charge in [0, 0.05) is 58.3 Å². The molecule has 25 heavy (non-hydrogen) atoms. The van der Waals surface area contributed by atoms with Crippen LogP contribution in [0.25, 0.3) is 0 Å². The minimum Gasteiger partial charge on any atom is -0.378 e. The molecule has 2 aliphatic rings. The summed E-state index contributed by atoms with van der Waals surface area (Å²) < 4.78 is 10.2. The summed E-state index contributed by atoms with van der Waals surface area (Å²) in [5, 5.41) is 6.46. The van der Waals surface area contributed by atoms with E-state index in [2.05, 4.69) is 15.4 Å². The lowest BCUT2D eigenvalue weighted by atomic mass is 10.3. The number of amides is 3. The number of anilines is 1. The van der Waals surface area contributed by atoms with E-state index in [9.17, 15) is 9.59 Å². The van der Waals surface area contributed by atoms with Crippen molar-refractivity contribution in [1.82, 2.24) is 19.9 Å². The number of ether oxygens (including phenoxy) is 1.